The van der Waals surface area contributed by atoms with E-state index in [2.05, 4.69) is 10.6 Å². The zero-order chi connectivity index (χ0) is 17.4. The van der Waals surface area contributed by atoms with E-state index in [1.807, 2.05) is 24.3 Å². The molecule has 0 spiro atoms. The Balaban J connectivity index is 1.77. The van der Waals surface area contributed by atoms with Gasteiger partial charge in [0.25, 0.3) is 0 Å². The number of hydrogen-bond acceptors (Lipinski definition) is 3. The van der Waals surface area contributed by atoms with Crippen molar-refractivity contribution in [3.63, 3.8) is 0 Å². The van der Waals surface area contributed by atoms with Gasteiger partial charge in [-0.3, -0.25) is 0 Å². The minimum absolute atomic E-state index is 0.0428. The van der Waals surface area contributed by atoms with E-state index in [1.165, 1.54) is 24.3 Å². The third-order valence-electron chi connectivity index (χ3n) is 3.47. The normalized spacial score (nSPS) is 11.8. The Kier molecular flexibility index (Phi) is 6.72. The fraction of sp³-hybridized carbons (Fsp3) is 0.278. The van der Waals surface area contributed by atoms with Crippen LogP contribution in [0, 0.1) is 5.82 Å². The van der Waals surface area contributed by atoms with Gasteiger partial charge in [0.1, 0.15) is 5.82 Å². The molecule has 2 aromatic rings. The standard InChI is InChI=1S/C18H21FN2O3/c1-24-12-14-4-2-3-13(9-14)10-20-18(23)21-11-17(22)15-5-7-16(19)8-6-15/h2-9,17,22H,10-12H2,1H3,(H2,20,21,23). The molecule has 0 aliphatic carbocycles. The molecule has 0 saturated carbocycles. The highest BCUT2D eigenvalue weighted by atomic mass is 19.1. The van der Waals surface area contributed by atoms with Crippen LogP contribution < -0.4 is 10.6 Å². The number of amides is 2. The lowest BCUT2D eigenvalue weighted by atomic mass is 10.1. The summed E-state index contributed by atoms with van der Waals surface area (Å²) >= 11 is 0. The van der Waals surface area contributed by atoms with Gasteiger partial charge in [-0.2, -0.15) is 0 Å². The summed E-state index contributed by atoms with van der Waals surface area (Å²) in [5.41, 5.74) is 2.53. The number of hydrogen-bond donors (Lipinski definition) is 3. The van der Waals surface area contributed by atoms with Crippen molar-refractivity contribution in [2.24, 2.45) is 0 Å². The quantitative estimate of drug-likeness (QED) is 0.729. The maximum absolute atomic E-state index is 12.8. The number of urea groups is 1. The van der Waals surface area contributed by atoms with Crippen molar-refractivity contribution in [2.45, 2.75) is 19.3 Å². The average Bonchev–Trinajstić information content (AvgIpc) is 2.59. The number of methoxy groups -OCH3 is 1. The number of rotatable bonds is 7. The summed E-state index contributed by atoms with van der Waals surface area (Å²) in [6, 6.07) is 12.9. The number of nitrogens with one attached hydrogen (secondary N) is 2. The maximum atomic E-state index is 12.8. The van der Waals surface area contributed by atoms with Crippen LogP contribution in [0.25, 0.3) is 0 Å². The third-order valence-corrected chi connectivity index (χ3v) is 3.47. The maximum Gasteiger partial charge on any atom is 0.315 e. The van der Waals surface area contributed by atoms with Crippen LogP contribution in [0.3, 0.4) is 0 Å². The number of benzene rings is 2. The van der Waals surface area contributed by atoms with Crippen LogP contribution >= 0.6 is 0 Å². The highest BCUT2D eigenvalue weighted by molar-refractivity contribution is 5.73. The van der Waals surface area contributed by atoms with E-state index < -0.39 is 6.10 Å². The molecule has 0 radical (unpaired) electrons. The second-order valence-electron chi connectivity index (χ2n) is 5.38. The molecule has 128 valence electrons. The van der Waals surface area contributed by atoms with E-state index in [0.29, 0.717) is 18.7 Å². The van der Waals surface area contributed by atoms with Gasteiger partial charge in [-0.15, -0.1) is 0 Å². The highest BCUT2D eigenvalue weighted by Crippen LogP contribution is 2.12. The van der Waals surface area contributed by atoms with E-state index in [-0.39, 0.29) is 18.4 Å². The molecule has 0 aliphatic heterocycles. The molecule has 0 heterocycles. The molecular weight excluding hydrogens is 311 g/mol. The average molecular weight is 332 g/mol. The Morgan fingerprint density at radius 3 is 2.58 bits per heavy atom. The number of aliphatic hydroxyl groups is 1. The predicted molar refractivity (Wildman–Crippen MR) is 88.8 cm³/mol. The van der Waals surface area contributed by atoms with E-state index in [9.17, 15) is 14.3 Å². The van der Waals surface area contributed by atoms with Crippen molar-refractivity contribution >= 4 is 6.03 Å². The lowest BCUT2D eigenvalue weighted by Gasteiger charge is -2.13. The molecule has 24 heavy (non-hydrogen) atoms. The van der Waals surface area contributed by atoms with Crippen LogP contribution in [0.5, 0.6) is 0 Å². The van der Waals surface area contributed by atoms with E-state index in [4.69, 9.17) is 4.74 Å². The summed E-state index contributed by atoms with van der Waals surface area (Å²) in [6.45, 7) is 0.932. The lowest BCUT2D eigenvalue weighted by molar-refractivity contribution is 0.173. The summed E-state index contributed by atoms with van der Waals surface area (Å²) in [5, 5.41) is 15.3. The van der Waals surface area contributed by atoms with Gasteiger partial charge in [-0.05, 0) is 28.8 Å². The van der Waals surface area contributed by atoms with Gasteiger partial charge in [0.05, 0.1) is 12.7 Å². The Morgan fingerprint density at radius 2 is 1.88 bits per heavy atom. The number of carbonyl (C=O) groups is 1. The molecule has 2 aromatic carbocycles. The summed E-state index contributed by atoms with van der Waals surface area (Å²) in [7, 11) is 1.63. The summed E-state index contributed by atoms with van der Waals surface area (Å²) in [5.74, 6) is -0.368. The van der Waals surface area contributed by atoms with Crippen molar-refractivity contribution in [1.82, 2.24) is 10.6 Å². The van der Waals surface area contributed by atoms with Crippen LogP contribution in [-0.4, -0.2) is 24.8 Å². The van der Waals surface area contributed by atoms with E-state index in [1.54, 1.807) is 7.11 Å². The van der Waals surface area contributed by atoms with Gasteiger partial charge in [0.2, 0.25) is 0 Å². The number of carbonyl (C=O) groups excluding carboxylic acids is 1. The second-order valence-corrected chi connectivity index (χ2v) is 5.38. The molecule has 1 unspecified atom stereocenters. The summed E-state index contributed by atoms with van der Waals surface area (Å²) in [4.78, 5) is 11.8. The molecule has 6 heteroatoms. The van der Waals surface area contributed by atoms with Crippen molar-refractivity contribution in [1.29, 1.82) is 0 Å². The first-order valence-corrected chi connectivity index (χ1v) is 7.60. The van der Waals surface area contributed by atoms with Crippen LogP contribution in [0.1, 0.15) is 22.8 Å². The van der Waals surface area contributed by atoms with Gasteiger partial charge in [-0.1, -0.05) is 36.4 Å². The van der Waals surface area contributed by atoms with Gasteiger partial charge in [0, 0.05) is 20.2 Å². The van der Waals surface area contributed by atoms with Gasteiger partial charge in [0.15, 0.2) is 0 Å². The Bertz CT molecular complexity index is 662. The largest absolute Gasteiger partial charge is 0.387 e. The fourth-order valence-corrected chi connectivity index (χ4v) is 2.23. The molecule has 0 saturated heterocycles. The number of aliphatic hydroxyl groups excluding tert-OH is 1. The zero-order valence-corrected chi connectivity index (χ0v) is 13.5. The molecule has 1 atom stereocenters. The van der Waals surface area contributed by atoms with Crippen molar-refractivity contribution in [3.05, 3.63) is 71.0 Å². The summed E-state index contributed by atoms with van der Waals surface area (Å²) in [6.07, 6.45) is -0.888. The molecule has 0 fully saturated rings. The van der Waals surface area contributed by atoms with Gasteiger partial charge >= 0.3 is 6.03 Å². The summed E-state index contributed by atoms with van der Waals surface area (Å²) < 4.78 is 17.9. The van der Waals surface area contributed by atoms with E-state index in [0.717, 1.165) is 11.1 Å². The van der Waals surface area contributed by atoms with Crippen LogP contribution in [0.15, 0.2) is 48.5 Å². The minimum atomic E-state index is -0.888. The van der Waals surface area contributed by atoms with Crippen LogP contribution in [0.4, 0.5) is 9.18 Å². The zero-order valence-electron chi connectivity index (χ0n) is 13.5. The van der Waals surface area contributed by atoms with Crippen molar-refractivity contribution in [3.8, 4) is 0 Å². The fourth-order valence-electron chi connectivity index (χ4n) is 2.23. The van der Waals surface area contributed by atoms with Gasteiger partial charge < -0.3 is 20.5 Å². The van der Waals surface area contributed by atoms with Gasteiger partial charge in [-0.25, -0.2) is 9.18 Å². The first-order chi connectivity index (χ1) is 11.6. The molecule has 0 aliphatic rings. The topological polar surface area (TPSA) is 70.6 Å². The number of halogens is 1. The first-order valence-electron chi connectivity index (χ1n) is 7.60. The lowest BCUT2D eigenvalue weighted by Crippen LogP contribution is -2.37. The molecule has 0 aromatic heterocycles. The van der Waals surface area contributed by atoms with E-state index >= 15 is 0 Å². The number of ether oxygens (including phenoxy) is 1. The highest BCUT2D eigenvalue weighted by Gasteiger charge is 2.09. The van der Waals surface area contributed by atoms with Crippen molar-refractivity contribution in [2.75, 3.05) is 13.7 Å². The molecule has 3 N–H and O–H groups in total. The van der Waals surface area contributed by atoms with Crippen LogP contribution in [-0.2, 0) is 17.9 Å². The molecular formula is C18H21FN2O3. The van der Waals surface area contributed by atoms with Crippen molar-refractivity contribution < 1.29 is 19.0 Å². The first kappa shape index (κ1) is 17.9. The predicted octanol–water partition coefficient (Wildman–Crippen LogP) is 2.50. The Morgan fingerprint density at radius 1 is 1.17 bits per heavy atom. The van der Waals surface area contributed by atoms with Crippen LogP contribution in [0.2, 0.25) is 0 Å². The third kappa shape index (κ3) is 5.64. The Hall–Kier alpha value is -2.44. The monoisotopic (exact) mass is 332 g/mol. The molecule has 0 bridgehead atoms. The second kappa shape index (κ2) is 9.00. The molecule has 2 amide bonds. The smallest absolute Gasteiger partial charge is 0.315 e. The molecule has 5 nitrogen and oxygen atoms in total. The Labute approximate surface area is 140 Å². The SMILES string of the molecule is COCc1cccc(CNC(=O)NCC(O)c2ccc(F)cc2)c1. The minimum Gasteiger partial charge on any atom is -0.387 e. The molecule has 2 rings (SSSR count).